The van der Waals surface area contributed by atoms with Crippen LogP contribution in [0.4, 0.5) is 0 Å². The first-order chi connectivity index (χ1) is 5.29. The summed E-state index contributed by atoms with van der Waals surface area (Å²) < 4.78 is 24.2. The maximum atomic E-state index is 11.7. The van der Waals surface area contributed by atoms with Crippen LogP contribution in [0, 0.1) is 0 Å². The number of rotatable bonds is 4. The van der Waals surface area contributed by atoms with E-state index in [0.29, 0.717) is 13.0 Å². The van der Waals surface area contributed by atoms with Gasteiger partial charge in [-0.2, -0.15) is 0 Å². The molecule has 0 spiro atoms. The van der Waals surface area contributed by atoms with Gasteiger partial charge in [0, 0.05) is 13.6 Å². The van der Waals surface area contributed by atoms with E-state index >= 15 is 0 Å². The number of hydrogen-bond acceptors (Lipinski definition) is 2. The van der Waals surface area contributed by atoms with Crippen molar-refractivity contribution >= 4 is 10.0 Å². The molecule has 0 aromatic carbocycles. The molecule has 0 saturated heterocycles. The van der Waals surface area contributed by atoms with Crippen molar-refractivity contribution in [3.63, 3.8) is 0 Å². The lowest BCUT2D eigenvalue weighted by Crippen LogP contribution is -2.42. The van der Waals surface area contributed by atoms with Crippen molar-refractivity contribution in [2.45, 2.75) is 38.9 Å². The number of sulfonamides is 1. The second-order valence-electron chi connectivity index (χ2n) is 3.53. The minimum Gasteiger partial charge on any atom is -0.212 e. The Hall–Kier alpha value is -0.0900. The predicted octanol–water partition coefficient (Wildman–Crippen LogP) is 1.46. The van der Waals surface area contributed by atoms with Crippen LogP contribution >= 0.6 is 0 Å². The molecule has 0 atom stereocenters. The highest BCUT2D eigenvalue weighted by Crippen LogP contribution is 2.22. The molecular weight excluding hydrogens is 174 g/mol. The average Bonchev–Trinajstić information content (AvgIpc) is 2.02. The molecule has 0 aromatic rings. The average molecular weight is 193 g/mol. The van der Waals surface area contributed by atoms with Gasteiger partial charge >= 0.3 is 0 Å². The fraction of sp³-hybridized carbons (Fsp3) is 1.00. The van der Waals surface area contributed by atoms with Crippen LogP contribution in [0.2, 0.25) is 0 Å². The highest BCUT2D eigenvalue weighted by molar-refractivity contribution is 7.90. The summed E-state index contributed by atoms with van der Waals surface area (Å²) >= 11 is 0. The lowest BCUT2D eigenvalue weighted by molar-refractivity contribution is 0.446. The van der Waals surface area contributed by atoms with Crippen molar-refractivity contribution in [3.05, 3.63) is 0 Å². The highest BCUT2D eigenvalue weighted by atomic mass is 32.2. The van der Waals surface area contributed by atoms with Crippen LogP contribution in [0.5, 0.6) is 0 Å². The zero-order valence-electron chi connectivity index (χ0n) is 8.59. The second kappa shape index (κ2) is 3.75. The van der Waals surface area contributed by atoms with Crippen molar-refractivity contribution in [2.75, 3.05) is 13.6 Å². The van der Waals surface area contributed by atoms with E-state index in [4.69, 9.17) is 0 Å². The van der Waals surface area contributed by atoms with Crippen molar-refractivity contribution in [1.82, 2.24) is 4.31 Å². The first-order valence-corrected chi connectivity index (χ1v) is 5.69. The molecule has 0 heterocycles. The van der Waals surface area contributed by atoms with E-state index < -0.39 is 14.8 Å². The van der Waals surface area contributed by atoms with Crippen LogP contribution in [0.3, 0.4) is 0 Å². The van der Waals surface area contributed by atoms with Crippen LogP contribution in [-0.2, 0) is 10.0 Å². The smallest absolute Gasteiger partial charge is 0.212 e. The summed E-state index contributed by atoms with van der Waals surface area (Å²) in [6, 6.07) is 0. The monoisotopic (exact) mass is 193 g/mol. The molecule has 0 amide bonds. The SMILES string of the molecule is CCN(C)S(=O)(=O)C(C)(C)CC. The van der Waals surface area contributed by atoms with Crippen molar-refractivity contribution in [1.29, 1.82) is 0 Å². The van der Waals surface area contributed by atoms with E-state index in [1.54, 1.807) is 20.9 Å². The molecule has 0 aliphatic carbocycles. The van der Waals surface area contributed by atoms with E-state index in [1.807, 2.05) is 13.8 Å². The van der Waals surface area contributed by atoms with E-state index in [9.17, 15) is 8.42 Å². The van der Waals surface area contributed by atoms with E-state index in [0.717, 1.165) is 0 Å². The maximum Gasteiger partial charge on any atom is 0.219 e. The molecule has 0 saturated carbocycles. The Kier molecular flexibility index (Phi) is 3.72. The van der Waals surface area contributed by atoms with Gasteiger partial charge in [0.1, 0.15) is 0 Å². The normalized spacial score (nSPS) is 13.8. The molecule has 0 N–H and O–H groups in total. The fourth-order valence-corrected chi connectivity index (χ4v) is 2.32. The third kappa shape index (κ3) is 1.98. The van der Waals surface area contributed by atoms with Crippen LogP contribution in [-0.4, -0.2) is 31.1 Å². The van der Waals surface area contributed by atoms with Crippen molar-refractivity contribution < 1.29 is 8.42 Å². The predicted molar refractivity (Wildman–Crippen MR) is 51.6 cm³/mol. The van der Waals surface area contributed by atoms with Gasteiger partial charge < -0.3 is 0 Å². The maximum absolute atomic E-state index is 11.7. The third-order valence-corrected chi connectivity index (χ3v) is 5.17. The van der Waals surface area contributed by atoms with Crippen LogP contribution in [0.1, 0.15) is 34.1 Å². The summed E-state index contributed by atoms with van der Waals surface area (Å²) in [6.07, 6.45) is 0.639. The zero-order valence-corrected chi connectivity index (χ0v) is 9.40. The van der Waals surface area contributed by atoms with Gasteiger partial charge in [-0.1, -0.05) is 13.8 Å². The van der Waals surface area contributed by atoms with Gasteiger partial charge in [0.25, 0.3) is 0 Å². The molecule has 12 heavy (non-hydrogen) atoms. The third-order valence-electron chi connectivity index (χ3n) is 2.41. The van der Waals surface area contributed by atoms with Crippen molar-refractivity contribution in [3.8, 4) is 0 Å². The standard InChI is InChI=1S/C8H19NO2S/c1-6-8(3,4)12(10,11)9(5)7-2/h6-7H2,1-5H3. The quantitative estimate of drug-likeness (QED) is 0.678. The molecule has 4 heteroatoms. The molecule has 0 bridgehead atoms. The summed E-state index contributed by atoms with van der Waals surface area (Å²) in [5.74, 6) is 0. The topological polar surface area (TPSA) is 37.4 Å². The summed E-state index contributed by atoms with van der Waals surface area (Å²) in [6.45, 7) is 7.78. The van der Waals surface area contributed by atoms with E-state index in [1.165, 1.54) is 4.31 Å². The Labute approximate surface area is 75.8 Å². The van der Waals surface area contributed by atoms with Gasteiger partial charge in [0.15, 0.2) is 0 Å². The van der Waals surface area contributed by atoms with Gasteiger partial charge in [-0.3, -0.25) is 0 Å². The van der Waals surface area contributed by atoms with Gasteiger partial charge in [-0.15, -0.1) is 0 Å². The summed E-state index contributed by atoms with van der Waals surface area (Å²) in [4.78, 5) is 0. The fourth-order valence-electron chi connectivity index (χ4n) is 0.774. The molecule has 0 fully saturated rings. The van der Waals surface area contributed by atoms with Gasteiger partial charge in [-0.25, -0.2) is 12.7 Å². The molecular formula is C8H19NO2S. The van der Waals surface area contributed by atoms with E-state index in [2.05, 4.69) is 0 Å². The Morgan fingerprint density at radius 1 is 1.25 bits per heavy atom. The van der Waals surface area contributed by atoms with Crippen LogP contribution < -0.4 is 0 Å². The minimum atomic E-state index is -3.11. The van der Waals surface area contributed by atoms with Crippen LogP contribution in [0.25, 0.3) is 0 Å². The second-order valence-corrected chi connectivity index (χ2v) is 6.21. The Morgan fingerprint density at radius 2 is 1.67 bits per heavy atom. The molecule has 0 radical (unpaired) electrons. The largest absolute Gasteiger partial charge is 0.219 e. The molecule has 0 aliphatic rings. The Bertz CT molecular complexity index is 231. The lowest BCUT2D eigenvalue weighted by atomic mass is 10.1. The van der Waals surface area contributed by atoms with Gasteiger partial charge in [-0.05, 0) is 20.3 Å². The lowest BCUT2D eigenvalue weighted by Gasteiger charge is -2.28. The summed E-state index contributed by atoms with van der Waals surface area (Å²) in [5.41, 5.74) is 0. The molecule has 74 valence electrons. The minimum absolute atomic E-state index is 0.533. The Morgan fingerprint density at radius 3 is 1.92 bits per heavy atom. The molecule has 0 aromatic heterocycles. The first-order valence-electron chi connectivity index (χ1n) is 4.25. The first kappa shape index (κ1) is 11.9. The van der Waals surface area contributed by atoms with E-state index in [-0.39, 0.29) is 0 Å². The van der Waals surface area contributed by atoms with Gasteiger partial charge in [0.05, 0.1) is 4.75 Å². The summed E-state index contributed by atoms with van der Waals surface area (Å²) in [7, 11) is -1.49. The Balaban J connectivity index is 4.86. The number of nitrogens with zero attached hydrogens (tertiary/aromatic N) is 1. The molecule has 0 rings (SSSR count). The molecule has 0 aliphatic heterocycles. The summed E-state index contributed by atoms with van der Waals surface area (Å²) in [5, 5.41) is 0. The molecule has 3 nitrogen and oxygen atoms in total. The van der Waals surface area contributed by atoms with Crippen molar-refractivity contribution in [2.24, 2.45) is 0 Å². The zero-order chi connectivity index (χ0) is 9.99. The van der Waals surface area contributed by atoms with Crippen LogP contribution in [0.15, 0.2) is 0 Å². The highest BCUT2D eigenvalue weighted by Gasteiger charge is 2.34. The van der Waals surface area contributed by atoms with Gasteiger partial charge in [0.2, 0.25) is 10.0 Å². The number of hydrogen-bond donors (Lipinski definition) is 0. The molecule has 0 unspecified atom stereocenters.